The van der Waals surface area contributed by atoms with Gasteiger partial charge >= 0.3 is 11.9 Å². The van der Waals surface area contributed by atoms with Crippen LogP contribution in [0.3, 0.4) is 0 Å². The third kappa shape index (κ3) is 6.54. The zero-order chi connectivity index (χ0) is 30.1. The van der Waals surface area contributed by atoms with Crippen molar-refractivity contribution in [2.45, 2.75) is 39.1 Å². The average Bonchev–Trinajstić information content (AvgIpc) is 3.28. The number of nitro groups is 1. The summed E-state index contributed by atoms with van der Waals surface area (Å²) in [6.45, 7) is 5.30. The minimum Gasteiger partial charge on any atom is -0.482 e. The molecule has 0 aliphatic carbocycles. The molecule has 0 saturated heterocycles. The number of halogens is 4. The van der Waals surface area contributed by atoms with E-state index >= 15 is 0 Å². The lowest BCUT2D eigenvalue weighted by Crippen LogP contribution is -2.25. The van der Waals surface area contributed by atoms with Crippen LogP contribution in [0.4, 0.5) is 30.5 Å². The summed E-state index contributed by atoms with van der Waals surface area (Å²) < 4.78 is 46.0. The van der Waals surface area contributed by atoms with Crippen LogP contribution in [0.25, 0.3) is 11.3 Å². The molecular weight excluding hydrogens is 567 g/mol. The highest BCUT2D eigenvalue weighted by atomic mass is 35.5. The first-order chi connectivity index (χ1) is 19.1. The molecule has 0 radical (unpaired) electrons. The molecule has 15 heteroatoms. The van der Waals surface area contributed by atoms with Crippen molar-refractivity contribution in [2.75, 3.05) is 5.32 Å². The third-order valence-electron chi connectivity index (χ3n) is 5.69. The number of hydrogen-bond acceptors (Lipinski definition) is 8. The van der Waals surface area contributed by atoms with Gasteiger partial charge in [0.05, 0.1) is 22.9 Å². The SMILES string of the molecule is CC(C)(C)n1nc(-c2ccc([N+](=O)[O-])c(OCc3ccc(Cl)cc3)c2)c(C(N)=O)c1Nc1cnc(C(F)(F)F)cn1. The van der Waals surface area contributed by atoms with Crippen LogP contribution in [0, 0.1) is 10.1 Å². The fourth-order valence-electron chi connectivity index (χ4n) is 3.78. The van der Waals surface area contributed by atoms with E-state index in [4.69, 9.17) is 22.1 Å². The number of nitrogens with two attached hydrogens (primary N) is 1. The van der Waals surface area contributed by atoms with Crippen molar-refractivity contribution in [1.82, 2.24) is 19.7 Å². The van der Waals surface area contributed by atoms with Gasteiger partial charge in [0.1, 0.15) is 29.5 Å². The van der Waals surface area contributed by atoms with Crippen LogP contribution in [-0.2, 0) is 18.3 Å². The van der Waals surface area contributed by atoms with Gasteiger partial charge in [-0.2, -0.15) is 18.3 Å². The van der Waals surface area contributed by atoms with Crippen LogP contribution in [0.1, 0.15) is 42.4 Å². The van der Waals surface area contributed by atoms with Gasteiger partial charge in [-0.1, -0.05) is 23.7 Å². The maximum absolute atomic E-state index is 13.0. The summed E-state index contributed by atoms with van der Waals surface area (Å²) in [4.78, 5) is 31.0. The van der Waals surface area contributed by atoms with E-state index in [0.717, 1.165) is 6.20 Å². The molecule has 0 aliphatic rings. The summed E-state index contributed by atoms with van der Waals surface area (Å²) >= 11 is 5.91. The lowest BCUT2D eigenvalue weighted by atomic mass is 10.1. The first kappa shape index (κ1) is 29.3. The molecule has 4 aromatic rings. The number of carbonyl (C=O) groups excluding carboxylic acids is 1. The standard InChI is InChI=1S/C26H23ClF3N7O4/c1-25(2,3)36-24(34-20-12-32-19(11-33-20)26(28,29)30)21(23(31)38)22(35-36)15-6-9-17(37(39)40)18(10-15)41-13-14-4-7-16(27)8-5-14/h4-12H,13H2,1-3H3,(H2,31,38)(H,33,34). The molecule has 4 rings (SSSR count). The van der Waals surface area contributed by atoms with Crippen molar-refractivity contribution >= 4 is 34.8 Å². The lowest BCUT2D eigenvalue weighted by Gasteiger charge is -2.23. The summed E-state index contributed by atoms with van der Waals surface area (Å²) in [6, 6.07) is 10.7. The molecule has 2 heterocycles. The van der Waals surface area contributed by atoms with Crippen LogP contribution >= 0.6 is 11.6 Å². The molecule has 2 aromatic carbocycles. The number of rotatable bonds is 8. The number of alkyl halides is 3. The number of aromatic nitrogens is 4. The van der Waals surface area contributed by atoms with Gasteiger partial charge in [0.25, 0.3) is 5.91 Å². The predicted molar refractivity (Wildman–Crippen MR) is 144 cm³/mol. The Kier molecular flexibility index (Phi) is 7.88. The molecule has 1 amide bonds. The normalized spacial score (nSPS) is 11.8. The van der Waals surface area contributed by atoms with E-state index in [-0.39, 0.29) is 46.5 Å². The summed E-state index contributed by atoms with van der Waals surface area (Å²) in [5.41, 5.74) is 4.35. The second-order valence-electron chi connectivity index (χ2n) is 9.78. The zero-order valence-electron chi connectivity index (χ0n) is 21.9. The van der Waals surface area contributed by atoms with E-state index in [0.29, 0.717) is 16.8 Å². The number of primary amides is 1. The Morgan fingerprint density at radius 3 is 2.34 bits per heavy atom. The lowest BCUT2D eigenvalue weighted by molar-refractivity contribution is -0.385. The number of nitrogens with zero attached hydrogens (tertiary/aromatic N) is 5. The van der Waals surface area contributed by atoms with Crippen LogP contribution in [0.2, 0.25) is 5.02 Å². The van der Waals surface area contributed by atoms with Gasteiger partial charge in [-0.3, -0.25) is 14.9 Å². The predicted octanol–water partition coefficient (Wildman–Crippen LogP) is 6.10. The van der Waals surface area contributed by atoms with Crippen molar-refractivity contribution in [3.63, 3.8) is 0 Å². The molecule has 0 aliphatic heterocycles. The van der Waals surface area contributed by atoms with E-state index in [1.54, 1.807) is 45.0 Å². The molecule has 2 aromatic heterocycles. The summed E-state index contributed by atoms with van der Waals surface area (Å²) in [6.07, 6.45) is -3.28. The van der Waals surface area contributed by atoms with Gasteiger partial charge in [0, 0.05) is 16.7 Å². The second kappa shape index (κ2) is 11.0. The number of nitro benzene ring substituents is 1. The van der Waals surface area contributed by atoms with Crippen molar-refractivity contribution in [1.29, 1.82) is 0 Å². The summed E-state index contributed by atoms with van der Waals surface area (Å²) in [7, 11) is 0. The van der Waals surface area contributed by atoms with Crippen LogP contribution in [-0.4, -0.2) is 30.6 Å². The van der Waals surface area contributed by atoms with Crippen molar-refractivity contribution < 1.29 is 27.6 Å². The first-order valence-electron chi connectivity index (χ1n) is 11.9. The van der Waals surface area contributed by atoms with Gasteiger partial charge in [-0.25, -0.2) is 14.6 Å². The number of ether oxygens (including phenoxy) is 1. The molecule has 0 saturated carbocycles. The number of anilines is 2. The number of hydrogen-bond donors (Lipinski definition) is 2. The van der Waals surface area contributed by atoms with E-state index in [2.05, 4.69) is 20.4 Å². The summed E-state index contributed by atoms with van der Waals surface area (Å²) in [5, 5.41) is 19.6. The molecule has 0 fully saturated rings. The number of nitrogens with one attached hydrogen (secondary N) is 1. The Morgan fingerprint density at radius 1 is 1.12 bits per heavy atom. The van der Waals surface area contributed by atoms with Crippen molar-refractivity contribution in [3.05, 3.63) is 86.8 Å². The highest BCUT2D eigenvalue weighted by molar-refractivity contribution is 6.30. The highest BCUT2D eigenvalue weighted by Gasteiger charge is 2.33. The topological polar surface area (TPSA) is 151 Å². The molecule has 0 atom stereocenters. The van der Waals surface area contributed by atoms with Gasteiger partial charge in [-0.15, -0.1) is 0 Å². The molecule has 0 spiro atoms. The third-order valence-corrected chi connectivity index (χ3v) is 5.95. The molecular formula is C26H23ClF3N7O4. The molecule has 41 heavy (non-hydrogen) atoms. The van der Waals surface area contributed by atoms with Gasteiger partial charge in [0.2, 0.25) is 0 Å². The maximum atomic E-state index is 13.0. The molecule has 214 valence electrons. The van der Waals surface area contributed by atoms with E-state index in [1.807, 2.05) is 0 Å². The van der Waals surface area contributed by atoms with E-state index in [1.165, 1.54) is 22.9 Å². The van der Waals surface area contributed by atoms with Crippen LogP contribution in [0.5, 0.6) is 5.75 Å². The number of carbonyl (C=O) groups is 1. The number of benzene rings is 2. The van der Waals surface area contributed by atoms with Gasteiger partial charge in [0.15, 0.2) is 11.4 Å². The Bertz CT molecular complexity index is 1600. The quantitative estimate of drug-likeness (QED) is 0.185. The van der Waals surface area contributed by atoms with E-state index < -0.39 is 28.2 Å². The van der Waals surface area contributed by atoms with Crippen LogP contribution < -0.4 is 15.8 Å². The van der Waals surface area contributed by atoms with Crippen molar-refractivity contribution in [3.8, 4) is 17.0 Å². The van der Waals surface area contributed by atoms with Gasteiger partial charge < -0.3 is 15.8 Å². The Morgan fingerprint density at radius 2 is 1.80 bits per heavy atom. The number of amides is 1. The largest absolute Gasteiger partial charge is 0.482 e. The molecule has 0 bridgehead atoms. The Balaban J connectivity index is 1.80. The molecule has 0 unspecified atom stereocenters. The smallest absolute Gasteiger partial charge is 0.434 e. The molecule has 11 nitrogen and oxygen atoms in total. The average molecular weight is 590 g/mol. The Labute approximate surface area is 236 Å². The highest BCUT2D eigenvalue weighted by Crippen LogP contribution is 2.38. The minimum atomic E-state index is -4.69. The van der Waals surface area contributed by atoms with Crippen LogP contribution in [0.15, 0.2) is 54.9 Å². The fraction of sp³-hybridized carbons (Fsp3) is 0.231. The van der Waals surface area contributed by atoms with Gasteiger partial charge in [-0.05, 0) is 50.6 Å². The maximum Gasteiger partial charge on any atom is 0.434 e. The second-order valence-corrected chi connectivity index (χ2v) is 10.2. The van der Waals surface area contributed by atoms with E-state index in [9.17, 15) is 28.1 Å². The fourth-order valence-corrected chi connectivity index (χ4v) is 3.91. The Hall–Kier alpha value is -4.72. The van der Waals surface area contributed by atoms with Crippen molar-refractivity contribution in [2.24, 2.45) is 5.73 Å². The molecule has 3 N–H and O–H groups in total. The zero-order valence-corrected chi connectivity index (χ0v) is 22.6. The first-order valence-corrected chi connectivity index (χ1v) is 12.3. The minimum absolute atomic E-state index is 0.0139. The monoisotopic (exact) mass is 589 g/mol. The summed E-state index contributed by atoms with van der Waals surface area (Å²) in [5.74, 6) is -1.07.